The van der Waals surface area contributed by atoms with E-state index in [2.05, 4.69) is 9.97 Å². The molecule has 0 unspecified atom stereocenters. The van der Waals surface area contributed by atoms with E-state index in [4.69, 9.17) is 5.73 Å². The van der Waals surface area contributed by atoms with Crippen molar-refractivity contribution in [2.75, 3.05) is 5.73 Å². The molecule has 5 heteroatoms. The van der Waals surface area contributed by atoms with Crippen molar-refractivity contribution in [3.05, 3.63) is 72.6 Å². The predicted octanol–water partition coefficient (Wildman–Crippen LogP) is 4.09. The van der Waals surface area contributed by atoms with Gasteiger partial charge in [0.2, 0.25) is 0 Å². The van der Waals surface area contributed by atoms with Crippen molar-refractivity contribution in [2.45, 2.75) is 6.92 Å². The molecule has 24 heavy (non-hydrogen) atoms. The van der Waals surface area contributed by atoms with E-state index < -0.39 is 0 Å². The summed E-state index contributed by atoms with van der Waals surface area (Å²) in [7, 11) is 0. The summed E-state index contributed by atoms with van der Waals surface area (Å²) >= 11 is 0. The Morgan fingerprint density at radius 3 is 2.54 bits per heavy atom. The van der Waals surface area contributed by atoms with E-state index in [-0.39, 0.29) is 5.82 Å². The number of aryl methyl sites for hydroxylation is 1. The zero-order valence-corrected chi connectivity index (χ0v) is 13.1. The van der Waals surface area contributed by atoms with Crippen LogP contribution < -0.4 is 5.73 Å². The lowest BCUT2D eigenvalue weighted by molar-refractivity contribution is 0.628. The number of nitrogen functional groups attached to an aromatic ring is 1. The minimum absolute atomic E-state index is 0.258. The first-order valence-corrected chi connectivity index (χ1v) is 7.57. The van der Waals surface area contributed by atoms with E-state index in [1.165, 1.54) is 12.1 Å². The van der Waals surface area contributed by atoms with E-state index in [0.29, 0.717) is 5.82 Å². The number of fused-ring (bicyclic) bond motifs is 1. The molecule has 4 aromatic rings. The van der Waals surface area contributed by atoms with Gasteiger partial charge in [0.05, 0.1) is 17.4 Å². The molecule has 1 aromatic carbocycles. The van der Waals surface area contributed by atoms with Gasteiger partial charge >= 0.3 is 0 Å². The van der Waals surface area contributed by atoms with E-state index >= 15 is 0 Å². The number of hydrogen-bond acceptors (Lipinski definition) is 3. The summed E-state index contributed by atoms with van der Waals surface area (Å²) in [6.07, 6.45) is 7.46. The number of nitrogens with two attached hydrogens (primary N) is 1. The Bertz CT molecular complexity index is 1040. The maximum Gasteiger partial charge on any atom is 0.131 e. The highest BCUT2D eigenvalue weighted by atomic mass is 19.1. The first-order valence-electron chi connectivity index (χ1n) is 7.57. The maximum atomic E-state index is 13.1. The van der Waals surface area contributed by atoms with Crippen LogP contribution in [0.25, 0.3) is 27.9 Å². The lowest BCUT2D eigenvalue weighted by atomic mass is 10.1. The van der Waals surface area contributed by atoms with Gasteiger partial charge in [-0.3, -0.25) is 4.98 Å². The zero-order valence-electron chi connectivity index (χ0n) is 13.1. The van der Waals surface area contributed by atoms with Crippen LogP contribution in [0.3, 0.4) is 0 Å². The molecule has 0 aliphatic carbocycles. The predicted molar refractivity (Wildman–Crippen MR) is 93.0 cm³/mol. The second-order valence-corrected chi connectivity index (χ2v) is 5.68. The maximum absolute atomic E-state index is 13.1. The standard InChI is InChI=1S/C19H15FN4/c1-12-16(15-3-2-8-22-19(15)21)10-24-11-17(23-9-18(12)24)13-4-6-14(20)7-5-13/h2-11H,1H3,(H2,21,22). The first-order chi connectivity index (χ1) is 11.6. The van der Waals surface area contributed by atoms with Gasteiger partial charge < -0.3 is 10.1 Å². The summed E-state index contributed by atoms with van der Waals surface area (Å²) in [5.41, 5.74) is 11.7. The topological polar surface area (TPSA) is 56.2 Å². The molecule has 0 atom stereocenters. The molecule has 4 rings (SSSR count). The highest BCUT2D eigenvalue weighted by Crippen LogP contribution is 2.31. The van der Waals surface area contributed by atoms with Gasteiger partial charge in [0.25, 0.3) is 0 Å². The molecule has 0 aliphatic heterocycles. The number of rotatable bonds is 2. The summed E-state index contributed by atoms with van der Waals surface area (Å²) < 4.78 is 15.1. The van der Waals surface area contributed by atoms with E-state index in [1.807, 2.05) is 42.0 Å². The Morgan fingerprint density at radius 1 is 1.00 bits per heavy atom. The average molecular weight is 318 g/mol. The van der Waals surface area contributed by atoms with Gasteiger partial charge in [0, 0.05) is 35.3 Å². The van der Waals surface area contributed by atoms with Crippen molar-refractivity contribution in [1.29, 1.82) is 0 Å². The fourth-order valence-electron chi connectivity index (χ4n) is 2.89. The summed E-state index contributed by atoms with van der Waals surface area (Å²) in [6, 6.07) is 10.1. The Morgan fingerprint density at radius 2 is 1.79 bits per heavy atom. The van der Waals surface area contributed by atoms with Gasteiger partial charge in [-0.2, -0.15) is 0 Å². The monoisotopic (exact) mass is 318 g/mol. The lowest BCUT2D eigenvalue weighted by Gasteiger charge is -2.03. The molecule has 0 amide bonds. The molecule has 0 saturated carbocycles. The number of anilines is 1. The normalized spacial score (nSPS) is 11.1. The third-order valence-corrected chi connectivity index (χ3v) is 4.19. The van der Waals surface area contributed by atoms with Crippen LogP contribution >= 0.6 is 0 Å². The third kappa shape index (κ3) is 2.31. The van der Waals surface area contributed by atoms with Gasteiger partial charge in [0.15, 0.2) is 0 Å². The van der Waals surface area contributed by atoms with Crippen LogP contribution in [0.2, 0.25) is 0 Å². The van der Waals surface area contributed by atoms with Gasteiger partial charge in [-0.15, -0.1) is 0 Å². The third-order valence-electron chi connectivity index (χ3n) is 4.19. The van der Waals surface area contributed by atoms with Gasteiger partial charge in [-0.25, -0.2) is 9.37 Å². The smallest absolute Gasteiger partial charge is 0.131 e. The van der Waals surface area contributed by atoms with Gasteiger partial charge in [0.1, 0.15) is 11.6 Å². The molecule has 3 heterocycles. The molecule has 0 fully saturated rings. The SMILES string of the molecule is Cc1c(-c2cccnc2N)cn2cc(-c3ccc(F)cc3)ncc12. The second-order valence-electron chi connectivity index (χ2n) is 5.68. The molecule has 4 nitrogen and oxygen atoms in total. The fraction of sp³-hybridized carbons (Fsp3) is 0.0526. The molecule has 0 radical (unpaired) electrons. The van der Waals surface area contributed by atoms with Crippen molar-refractivity contribution in [2.24, 2.45) is 0 Å². The summed E-state index contributed by atoms with van der Waals surface area (Å²) in [4.78, 5) is 8.66. The van der Waals surface area contributed by atoms with E-state index in [1.54, 1.807) is 18.3 Å². The largest absolute Gasteiger partial charge is 0.383 e. The van der Waals surface area contributed by atoms with Crippen LogP contribution in [-0.2, 0) is 0 Å². The quantitative estimate of drug-likeness (QED) is 0.605. The molecular formula is C19H15FN4. The Hall–Kier alpha value is -3.21. The molecule has 118 valence electrons. The second kappa shape index (κ2) is 5.45. The highest BCUT2D eigenvalue weighted by molar-refractivity contribution is 5.81. The van der Waals surface area contributed by atoms with E-state index in [0.717, 1.165) is 33.5 Å². The number of nitrogens with zero attached hydrogens (tertiary/aromatic N) is 3. The average Bonchev–Trinajstić information content (AvgIpc) is 2.92. The number of aromatic nitrogens is 3. The molecule has 0 spiro atoms. The van der Waals surface area contributed by atoms with Crippen molar-refractivity contribution < 1.29 is 4.39 Å². The summed E-state index contributed by atoms with van der Waals surface area (Å²) in [6.45, 7) is 2.04. The number of pyridine rings is 1. The van der Waals surface area contributed by atoms with Crippen molar-refractivity contribution in [3.63, 3.8) is 0 Å². The Balaban J connectivity index is 1.87. The van der Waals surface area contributed by atoms with Crippen LogP contribution in [0.4, 0.5) is 10.2 Å². The lowest BCUT2D eigenvalue weighted by Crippen LogP contribution is -1.92. The van der Waals surface area contributed by atoms with Crippen molar-refractivity contribution >= 4 is 11.3 Å². The number of benzene rings is 1. The van der Waals surface area contributed by atoms with Crippen LogP contribution in [0, 0.1) is 12.7 Å². The Kier molecular flexibility index (Phi) is 3.27. The molecule has 2 N–H and O–H groups in total. The van der Waals surface area contributed by atoms with Crippen LogP contribution in [0.1, 0.15) is 5.56 Å². The number of hydrogen-bond donors (Lipinski definition) is 1. The van der Waals surface area contributed by atoms with Gasteiger partial charge in [-0.1, -0.05) is 0 Å². The molecule has 0 bridgehead atoms. The zero-order chi connectivity index (χ0) is 16.7. The summed E-state index contributed by atoms with van der Waals surface area (Å²) in [5, 5.41) is 0. The van der Waals surface area contributed by atoms with Crippen molar-refractivity contribution in [3.8, 4) is 22.4 Å². The fourth-order valence-corrected chi connectivity index (χ4v) is 2.89. The van der Waals surface area contributed by atoms with Gasteiger partial charge in [-0.05, 0) is 48.9 Å². The first kappa shape index (κ1) is 14.4. The summed E-state index contributed by atoms with van der Waals surface area (Å²) in [5.74, 6) is 0.245. The minimum atomic E-state index is -0.258. The number of halogens is 1. The molecular weight excluding hydrogens is 303 g/mol. The Labute approximate surface area is 138 Å². The highest BCUT2D eigenvalue weighted by Gasteiger charge is 2.12. The van der Waals surface area contributed by atoms with Crippen LogP contribution in [0.5, 0.6) is 0 Å². The van der Waals surface area contributed by atoms with Crippen molar-refractivity contribution in [1.82, 2.24) is 14.4 Å². The van der Waals surface area contributed by atoms with E-state index in [9.17, 15) is 4.39 Å². The molecule has 3 aromatic heterocycles. The molecule has 0 aliphatic rings. The minimum Gasteiger partial charge on any atom is -0.383 e. The van der Waals surface area contributed by atoms with Crippen LogP contribution in [0.15, 0.2) is 61.2 Å². The molecule has 0 saturated heterocycles. The van der Waals surface area contributed by atoms with Crippen LogP contribution in [-0.4, -0.2) is 14.4 Å².